The molecule has 1 saturated carbocycles. The van der Waals surface area contributed by atoms with Crippen LogP contribution in [0, 0.1) is 0 Å². The zero-order chi connectivity index (χ0) is 7.94. The maximum Gasteiger partial charge on any atom is 0.0151 e. The van der Waals surface area contributed by atoms with Gasteiger partial charge in [-0.1, -0.05) is 47.8 Å². The summed E-state index contributed by atoms with van der Waals surface area (Å²) in [6, 6.07) is 0. The summed E-state index contributed by atoms with van der Waals surface area (Å²) in [5.74, 6) is 1.33. The van der Waals surface area contributed by atoms with Gasteiger partial charge in [0.15, 0.2) is 0 Å². The predicted molar refractivity (Wildman–Crippen MR) is 57.2 cm³/mol. The standard InChI is InChI=1S/C9H18S2/c1-2-8-10-11-9-6-4-3-5-7-9/h9H,2-8H2,1H3. The lowest BCUT2D eigenvalue weighted by atomic mass is 10.0. The van der Waals surface area contributed by atoms with Crippen molar-refractivity contribution in [3.05, 3.63) is 0 Å². The van der Waals surface area contributed by atoms with E-state index in [1.165, 1.54) is 44.3 Å². The third-order valence-electron chi connectivity index (χ3n) is 2.04. The molecule has 1 aliphatic carbocycles. The molecule has 0 aliphatic heterocycles. The van der Waals surface area contributed by atoms with Crippen molar-refractivity contribution in [3.8, 4) is 0 Å². The predicted octanol–water partition coefficient (Wildman–Crippen LogP) is 4.11. The van der Waals surface area contributed by atoms with Gasteiger partial charge in [0, 0.05) is 11.0 Å². The van der Waals surface area contributed by atoms with Crippen molar-refractivity contribution in [1.29, 1.82) is 0 Å². The van der Waals surface area contributed by atoms with Gasteiger partial charge in [0.2, 0.25) is 0 Å². The first kappa shape index (κ1) is 9.79. The minimum absolute atomic E-state index is 0.986. The summed E-state index contributed by atoms with van der Waals surface area (Å²) in [4.78, 5) is 0. The summed E-state index contributed by atoms with van der Waals surface area (Å²) >= 11 is 0. The molecule has 11 heavy (non-hydrogen) atoms. The summed E-state index contributed by atoms with van der Waals surface area (Å²) in [5.41, 5.74) is 0. The lowest BCUT2D eigenvalue weighted by Gasteiger charge is -2.19. The Balaban J connectivity index is 1.96. The molecule has 66 valence electrons. The van der Waals surface area contributed by atoms with Crippen LogP contribution in [-0.4, -0.2) is 11.0 Å². The van der Waals surface area contributed by atoms with Gasteiger partial charge in [0.1, 0.15) is 0 Å². The Labute approximate surface area is 78.3 Å². The van der Waals surface area contributed by atoms with Crippen molar-refractivity contribution >= 4 is 21.6 Å². The molecule has 0 saturated heterocycles. The quantitative estimate of drug-likeness (QED) is 0.483. The molecule has 1 aliphatic rings. The Kier molecular flexibility index (Phi) is 5.55. The van der Waals surface area contributed by atoms with E-state index >= 15 is 0 Å². The van der Waals surface area contributed by atoms with Crippen LogP contribution in [0.5, 0.6) is 0 Å². The molecule has 0 unspecified atom stereocenters. The molecule has 0 aromatic heterocycles. The van der Waals surface area contributed by atoms with Crippen molar-refractivity contribution < 1.29 is 0 Å². The van der Waals surface area contributed by atoms with Crippen LogP contribution in [0.15, 0.2) is 0 Å². The van der Waals surface area contributed by atoms with Gasteiger partial charge in [0.25, 0.3) is 0 Å². The Morgan fingerprint density at radius 2 is 1.91 bits per heavy atom. The first-order valence-electron chi connectivity index (χ1n) is 4.71. The third-order valence-corrected chi connectivity index (χ3v) is 5.22. The van der Waals surface area contributed by atoms with Crippen molar-refractivity contribution in [2.24, 2.45) is 0 Å². The van der Waals surface area contributed by atoms with E-state index in [-0.39, 0.29) is 0 Å². The second kappa shape index (κ2) is 6.24. The molecule has 2 heteroatoms. The molecule has 0 atom stereocenters. The fourth-order valence-electron chi connectivity index (χ4n) is 1.39. The third kappa shape index (κ3) is 4.32. The van der Waals surface area contributed by atoms with Gasteiger partial charge < -0.3 is 0 Å². The minimum Gasteiger partial charge on any atom is -0.0939 e. The van der Waals surface area contributed by atoms with Gasteiger partial charge >= 0.3 is 0 Å². The van der Waals surface area contributed by atoms with Crippen molar-refractivity contribution in [2.45, 2.75) is 50.7 Å². The first-order valence-corrected chi connectivity index (χ1v) is 7.10. The average molecular weight is 190 g/mol. The van der Waals surface area contributed by atoms with Gasteiger partial charge in [-0.15, -0.1) is 0 Å². The molecule has 1 fully saturated rings. The fourth-order valence-corrected chi connectivity index (χ4v) is 4.31. The zero-order valence-electron chi connectivity index (χ0n) is 7.34. The molecule has 0 spiro atoms. The van der Waals surface area contributed by atoms with Crippen LogP contribution in [0.2, 0.25) is 0 Å². The summed E-state index contributed by atoms with van der Waals surface area (Å²) < 4.78 is 0. The van der Waals surface area contributed by atoms with E-state index in [2.05, 4.69) is 28.5 Å². The van der Waals surface area contributed by atoms with E-state index in [0.29, 0.717) is 0 Å². The lowest BCUT2D eigenvalue weighted by molar-refractivity contribution is 0.517. The van der Waals surface area contributed by atoms with Gasteiger partial charge in [-0.25, -0.2) is 0 Å². The van der Waals surface area contributed by atoms with Crippen LogP contribution >= 0.6 is 21.6 Å². The maximum absolute atomic E-state index is 2.26. The highest BCUT2D eigenvalue weighted by molar-refractivity contribution is 8.76. The average Bonchev–Trinajstić information content (AvgIpc) is 2.07. The van der Waals surface area contributed by atoms with Crippen molar-refractivity contribution in [1.82, 2.24) is 0 Å². The van der Waals surface area contributed by atoms with Crippen LogP contribution in [-0.2, 0) is 0 Å². The lowest BCUT2D eigenvalue weighted by Crippen LogP contribution is -2.06. The Morgan fingerprint density at radius 3 is 2.55 bits per heavy atom. The normalized spacial score (nSPS) is 20.5. The van der Waals surface area contributed by atoms with Crippen molar-refractivity contribution in [2.75, 3.05) is 5.75 Å². The molecular formula is C9H18S2. The summed E-state index contributed by atoms with van der Waals surface area (Å²) in [6.45, 7) is 2.26. The van der Waals surface area contributed by atoms with Crippen LogP contribution in [0.4, 0.5) is 0 Å². The second-order valence-electron chi connectivity index (χ2n) is 3.18. The smallest absolute Gasteiger partial charge is 0.0151 e. The summed E-state index contributed by atoms with van der Waals surface area (Å²) in [6.07, 6.45) is 8.71. The molecule has 0 aromatic rings. The van der Waals surface area contributed by atoms with E-state index in [4.69, 9.17) is 0 Å². The van der Waals surface area contributed by atoms with E-state index in [0.717, 1.165) is 5.25 Å². The Hall–Kier alpha value is 0.700. The van der Waals surface area contributed by atoms with E-state index in [9.17, 15) is 0 Å². The highest BCUT2D eigenvalue weighted by atomic mass is 33.1. The van der Waals surface area contributed by atoms with Gasteiger partial charge in [-0.05, 0) is 19.3 Å². The molecule has 0 radical (unpaired) electrons. The van der Waals surface area contributed by atoms with Crippen molar-refractivity contribution in [3.63, 3.8) is 0 Å². The van der Waals surface area contributed by atoms with Gasteiger partial charge in [-0.3, -0.25) is 0 Å². The summed E-state index contributed by atoms with van der Waals surface area (Å²) in [5, 5.41) is 0.986. The monoisotopic (exact) mass is 190 g/mol. The zero-order valence-corrected chi connectivity index (χ0v) is 8.98. The largest absolute Gasteiger partial charge is 0.0939 e. The molecule has 0 aromatic carbocycles. The topological polar surface area (TPSA) is 0 Å². The van der Waals surface area contributed by atoms with E-state index in [1.807, 2.05) is 0 Å². The highest BCUT2D eigenvalue weighted by Crippen LogP contribution is 2.35. The van der Waals surface area contributed by atoms with Crippen LogP contribution in [0.1, 0.15) is 45.4 Å². The molecule has 1 rings (SSSR count). The first-order chi connectivity index (χ1) is 5.43. The van der Waals surface area contributed by atoms with Gasteiger partial charge in [-0.2, -0.15) is 0 Å². The Morgan fingerprint density at radius 1 is 1.18 bits per heavy atom. The maximum atomic E-state index is 2.26. The van der Waals surface area contributed by atoms with Gasteiger partial charge in [0.05, 0.1) is 0 Å². The SMILES string of the molecule is CCCSSC1CCCCC1. The summed E-state index contributed by atoms with van der Waals surface area (Å²) in [7, 11) is 4.22. The minimum atomic E-state index is 0.986. The molecule has 0 amide bonds. The molecule has 0 nitrogen and oxygen atoms in total. The highest BCUT2D eigenvalue weighted by Gasteiger charge is 2.13. The molecule has 0 heterocycles. The molecular weight excluding hydrogens is 172 g/mol. The fraction of sp³-hybridized carbons (Fsp3) is 1.00. The van der Waals surface area contributed by atoms with E-state index < -0.39 is 0 Å². The number of rotatable bonds is 4. The van der Waals surface area contributed by atoms with Crippen LogP contribution in [0.25, 0.3) is 0 Å². The van der Waals surface area contributed by atoms with Crippen LogP contribution < -0.4 is 0 Å². The Bertz CT molecular complexity index is 87.6. The van der Waals surface area contributed by atoms with Crippen LogP contribution in [0.3, 0.4) is 0 Å². The van der Waals surface area contributed by atoms with E-state index in [1.54, 1.807) is 0 Å². The number of hydrogen-bond acceptors (Lipinski definition) is 2. The molecule has 0 N–H and O–H groups in total. The second-order valence-corrected chi connectivity index (χ2v) is 5.97. The number of hydrogen-bond donors (Lipinski definition) is 0. The molecule has 0 bridgehead atoms.